The summed E-state index contributed by atoms with van der Waals surface area (Å²) in [6.07, 6.45) is 0. The van der Waals surface area contributed by atoms with Gasteiger partial charge in [0.05, 0.1) is 33.3 Å². The van der Waals surface area contributed by atoms with Crippen LogP contribution in [0.4, 0.5) is 0 Å². The first kappa shape index (κ1) is 17.9. The summed E-state index contributed by atoms with van der Waals surface area (Å²) in [5, 5.41) is 0. The first-order chi connectivity index (χ1) is 12.2. The molecular formula is C17H22N2O5S. The minimum absolute atomic E-state index is 0.00197. The number of ether oxygens (including phenoxy) is 3. The minimum atomic E-state index is -0.427. The van der Waals surface area contributed by atoms with Crippen molar-refractivity contribution in [2.75, 3.05) is 52.2 Å². The largest absolute Gasteiger partial charge is 0.493 e. The van der Waals surface area contributed by atoms with Crippen LogP contribution < -0.4 is 9.47 Å². The third-order valence-electron chi connectivity index (χ3n) is 4.38. The lowest BCUT2D eigenvalue weighted by atomic mass is 10.1. The quantitative estimate of drug-likeness (QED) is 0.794. The number of rotatable bonds is 4. The van der Waals surface area contributed by atoms with Gasteiger partial charge in [-0.2, -0.15) is 0 Å². The molecule has 2 aliphatic rings. The van der Waals surface area contributed by atoms with Gasteiger partial charge < -0.3 is 24.0 Å². The Morgan fingerprint density at radius 1 is 1.16 bits per heavy atom. The number of thioether (sulfide) groups is 1. The number of carbonyl (C=O) groups is 2. The van der Waals surface area contributed by atoms with Crippen molar-refractivity contribution < 1.29 is 23.8 Å². The smallest absolute Gasteiger partial charge is 0.255 e. The molecule has 1 aromatic carbocycles. The summed E-state index contributed by atoms with van der Waals surface area (Å²) in [5.41, 5.74) is 0.486. The molecule has 2 aliphatic heterocycles. The zero-order chi connectivity index (χ0) is 17.8. The normalized spacial score (nSPS) is 20.5. The van der Waals surface area contributed by atoms with Crippen LogP contribution in [-0.4, -0.2) is 79.8 Å². The van der Waals surface area contributed by atoms with E-state index in [1.807, 2.05) is 0 Å². The Labute approximate surface area is 151 Å². The highest BCUT2D eigenvalue weighted by Crippen LogP contribution is 2.30. The van der Waals surface area contributed by atoms with Crippen LogP contribution in [-0.2, 0) is 9.53 Å². The Morgan fingerprint density at radius 3 is 2.56 bits per heavy atom. The molecule has 8 heteroatoms. The van der Waals surface area contributed by atoms with Gasteiger partial charge in [-0.05, 0) is 18.2 Å². The second-order valence-electron chi connectivity index (χ2n) is 5.80. The maximum absolute atomic E-state index is 12.9. The molecule has 3 rings (SSSR count). The van der Waals surface area contributed by atoms with E-state index in [-0.39, 0.29) is 11.8 Å². The van der Waals surface area contributed by atoms with Crippen molar-refractivity contribution in [3.63, 3.8) is 0 Å². The summed E-state index contributed by atoms with van der Waals surface area (Å²) in [6, 6.07) is 4.63. The lowest BCUT2D eigenvalue weighted by molar-refractivity contribution is -0.138. The Hall–Kier alpha value is -1.93. The highest BCUT2D eigenvalue weighted by molar-refractivity contribution is 7.99. The number of methoxy groups -OCH3 is 2. The second kappa shape index (κ2) is 7.97. The first-order valence-corrected chi connectivity index (χ1v) is 9.28. The lowest BCUT2D eigenvalue weighted by Crippen LogP contribution is -2.52. The summed E-state index contributed by atoms with van der Waals surface area (Å²) >= 11 is 1.59. The van der Waals surface area contributed by atoms with Crippen molar-refractivity contribution in [1.29, 1.82) is 0 Å². The van der Waals surface area contributed by atoms with Gasteiger partial charge in [0.25, 0.3) is 5.91 Å². The summed E-state index contributed by atoms with van der Waals surface area (Å²) < 4.78 is 15.8. The van der Waals surface area contributed by atoms with Gasteiger partial charge in [-0.25, -0.2) is 0 Å². The predicted molar refractivity (Wildman–Crippen MR) is 94.2 cm³/mol. The van der Waals surface area contributed by atoms with Crippen LogP contribution in [0.3, 0.4) is 0 Å². The van der Waals surface area contributed by atoms with E-state index in [9.17, 15) is 9.59 Å². The molecule has 0 aliphatic carbocycles. The highest BCUT2D eigenvalue weighted by Gasteiger charge is 2.38. The molecule has 0 radical (unpaired) electrons. The van der Waals surface area contributed by atoms with Crippen LogP contribution in [0.1, 0.15) is 10.4 Å². The maximum atomic E-state index is 12.9. The van der Waals surface area contributed by atoms with Crippen LogP contribution in [0.5, 0.6) is 11.5 Å². The summed E-state index contributed by atoms with van der Waals surface area (Å²) in [5.74, 6) is 2.02. The number of benzene rings is 1. The van der Waals surface area contributed by atoms with Crippen molar-refractivity contribution in [2.24, 2.45) is 0 Å². The molecule has 2 saturated heterocycles. The molecule has 7 nitrogen and oxygen atoms in total. The van der Waals surface area contributed by atoms with Gasteiger partial charge in [-0.1, -0.05) is 0 Å². The second-order valence-corrected chi connectivity index (χ2v) is 6.80. The van der Waals surface area contributed by atoms with E-state index in [4.69, 9.17) is 14.2 Å². The van der Waals surface area contributed by atoms with E-state index < -0.39 is 6.04 Å². The van der Waals surface area contributed by atoms with Crippen LogP contribution in [0.2, 0.25) is 0 Å². The SMILES string of the molecule is COc1ccc(C(=O)N2CSCC2C(=O)N2CCOCC2)cc1OC. The topological polar surface area (TPSA) is 68.3 Å². The van der Waals surface area contributed by atoms with Gasteiger partial charge in [-0.15, -0.1) is 11.8 Å². The van der Waals surface area contributed by atoms with Gasteiger partial charge in [0.1, 0.15) is 6.04 Å². The van der Waals surface area contributed by atoms with Gasteiger partial charge in [0, 0.05) is 24.4 Å². The van der Waals surface area contributed by atoms with E-state index in [0.717, 1.165) is 0 Å². The van der Waals surface area contributed by atoms with E-state index >= 15 is 0 Å². The molecule has 0 spiro atoms. The van der Waals surface area contributed by atoms with Crippen LogP contribution in [0.15, 0.2) is 18.2 Å². The fourth-order valence-electron chi connectivity index (χ4n) is 2.98. The Balaban J connectivity index is 1.77. The summed E-state index contributed by atoms with van der Waals surface area (Å²) in [4.78, 5) is 29.2. The molecular weight excluding hydrogens is 344 g/mol. The Bertz CT molecular complexity index is 648. The van der Waals surface area contributed by atoms with Crippen molar-refractivity contribution in [2.45, 2.75) is 6.04 Å². The van der Waals surface area contributed by atoms with Crippen molar-refractivity contribution >= 4 is 23.6 Å². The van der Waals surface area contributed by atoms with Crippen molar-refractivity contribution in [3.05, 3.63) is 23.8 Å². The minimum Gasteiger partial charge on any atom is -0.493 e. The van der Waals surface area contributed by atoms with Crippen LogP contribution >= 0.6 is 11.8 Å². The molecule has 0 aromatic heterocycles. The third-order valence-corrected chi connectivity index (χ3v) is 5.39. The zero-order valence-electron chi connectivity index (χ0n) is 14.4. The number of carbonyl (C=O) groups excluding carboxylic acids is 2. The standard InChI is InChI=1S/C17H22N2O5S/c1-22-14-4-3-12(9-15(14)23-2)16(20)19-11-25-10-13(19)17(21)18-5-7-24-8-6-18/h3-4,9,13H,5-8,10-11H2,1-2H3. The molecule has 1 aromatic rings. The molecule has 136 valence electrons. The fraction of sp³-hybridized carbons (Fsp3) is 0.529. The molecule has 2 heterocycles. The molecule has 0 bridgehead atoms. The zero-order valence-corrected chi connectivity index (χ0v) is 15.2. The molecule has 2 fully saturated rings. The average molecular weight is 366 g/mol. The third kappa shape index (κ3) is 3.69. The number of hydrogen-bond acceptors (Lipinski definition) is 6. The van der Waals surface area contributed by atoms with Crippen LogP contribution in [0.25, 0.3) is 0 Å². The summed E-state index contributed by atoms with van der Waals surface area (Å²) in [6.45, 7) is 2.27. The van der Waals surface area contributed by atoms with Gasteiger partial charge in [-0.3, -0.25) is 9.59 Å². The highest BCUT2D eigenvalue weighted by atomic mass is 32.2. The van der Waals surface area contributed by atoms with Crippen molar-refractivity contribution in [3.8, 4) is 11.5 Å². The molecule has 0 N–H and O–H groups in total. The Morgan fingerprint density at radius 2 is 1.88 bits per heavy atom. The molecule has 0 saturated carbocycles. The number of morpholine rings is 1. The Kier molecular flexibility index (Phi) is 5.70. The molecule has 1 unspecified atom stereocenters. The van der Waals surface area contributed by atoms with Gasteiger partial charge >= 0.3 is 0 Å². The number of amides is 2. The number of nitrogens with zero attached hydrogens (tertiary/aromatic N) is 2. The van der Waals surface area contributed by atoms with Gasteiger partial charge in [0.2, 0.25) is 5.91 Å². The van der Waals surface area contributed by atoms with E-state index in [1.54, 1.807) is 46.9 Å². The van der Waals surface area contributed by atoms with E-state index in [0.29, 0.717) is 55.0 Å². The monoisotopic (exact) mass is 366 g/mol. The molecule has 1 atom stereocenters. The molecule has 25 heavy (non-hydrogen) atoms. The first-order valence-electron chi connectivity index (χ1n) is 8.13. The predicted octanol–water partition coefficient (Wildman–Crippen LogP) is 1.08. The maximum Gasteiger partial charge on any atom is 0.255 e. The lowest BCUT2D eigenvalue weighted by Gasteiger charge is -2.32. The van der Waals surface area contributed by atoms with E-state index in [2.05, 4.69) is 0 Å². The van der Waals surface area contributed by atoms with Crippen LogP contribution in [0, 0.1) is 0 Å². The fourth-order valence-corrected chi connectivity index (χ4v) is 4.12. The summed E-state index contributed by atoms with van der Waals surface area (Å²) in [7, 11) is 3.08. The average Bonchev–Trinajstić information content (AvgIpc) is 3.16. The molecule has 2 amide bonds. The van der Waals surface area contributed by atoms with E-state index in [1.165, 1.54) is 7.11 Å². The number of hydrogen-bond donors (Lipinski definition) is 0. The van der Waals surface area contributed by atoms with Gasteiger partial charge in [0.15, 0.2) is 11.5 Å². The van der Waals surface area contributed by atoms with Crippen molar-refractivity contribution in [1.82, 2.24) is 9.80 Å².